The number of nitrogens with one attached hydrogen (secondary N) is 1. The monoisotopic (exact) mass is 581 g/mol. The summed E-state index contributed by atoms with van der Waals surface area (Å²) < 4.78 is 55.9. The van der Waals surface area contributed by atoms with Crippen LogP contribution in [0.1, 0.15) is 92.5 Å². The average Bonchev–Trinajstić information content (AvgIpc) is 3.27. The number of aromatic nitrogens is 2. The molecule has 4 nitrogen and oxygen atoms in total. The quantitative estimate of drug-likeness (QED) is 0.227. The Bertz CT molecular complexity index is 1310. The lowest BCUT2D eigenvalue weighted by Crippen LogP contribution is -2.44. The van der Waals surface area contributed by atoms with E-state index in [9.17, 15) is 22.4 Å². The summed E-state index contributed by atoms with van der Waals surface area (Å²) in [6.45, 7) is 0. The highest BCUT2D eigenvalue weighted by atomic mass is 35.5. The van der Waals surface area contributed by atoms with Crippen molar-refractivity contribution < 1.29 is 22.4 Å². The molecule has 1 aromatic heterocycles. The van der Waals surface area contributed by atoms with Crippen LogP contribution in [0, 0.1) is 11.7 Å². The van der Waals surface area contributed by atoms with Crippen molar-refractivity contribution in [3.05, 3.63) is 64.2 Å². The summed E-state index contributed by atoms with van der Waals surface area (Å²) in [6.07, 6.45) is 5.50. The summed E-state index contributed by atoms with van der Waals surface area (Å²) in [5.41, 5.74) is 0.562. The van der Waals surface area contributed by atoms with Gasteiger partial charge in [-0.05, 0) is 55.4 Å². The standard InChI is InChI=1S/C29H32ClF4N3OS/c30-21-15-24-23(16-22(21)31)36-27(26(39)18-11-13-19(14-12-18)29(32,33)34)37(24)25(17-7-3-1-4-8-17)28(38)35-20-9-5-2-6-10-20/h11-17,20,25-26,39H,1-10H2,(H,35,38). The molecule has 5 rings (SSSR count). The third-order valence-corrected chi connectivity index (χ3v) is 8.97. The lowest BCUT2D eigenvalue weighted by atomic mass is 9.82. The molecule has 0 radical (unpaired) electrons. The number of imidazole rings is 1. The van der Waals surface area contributed by atoms with Gasteiger partial charge in [0.1, 0.15) is 17.7 Å². The van der Waals surface area contributed by atoms with Crippen LogP contribution in [0.4, 0.5) is 17.6 Å². The van der Waals surface area contributed by atoms with E-state index in [0.29, 0.717) is 22.4 Å². The van der Waals surface area contributed by atoms with Crippen molar-refractivity contribution in [2.45, 2.75) is 87.7 Å². The Labute approximate surface area is 235 Å². The van der Waals surface area contributed by atoms with Crippen LogP contribution in [-0.4, -0.2) is 21.5 Å². The second kappa shape index (κ2) is 11.7. The van der Waals surface area contributed by atoms with Crippen LogP contribution in [0.25, 0.3) is 11.0 Å². The molecule has 10 heteroatoms. The maximum Gasteiger partial charge on any atom is 0.416 e. The number of carbonyl (C=O) groups is 1. The van der Waals surface area contributed by atoms with Crippen molar-refractivity contribution in [1.82, 2.24) is 14.9 Å². The van der Waals surface area contributed by atoms with E-state index < -0.39 is 28.8 Å². The first-order valence-electron chi connectivity index (χ1n) is 13.7. The van der Waals surface area contributed by atoms with Crippen molar-refractivity contribution in [2.24, 2.45) is 5.92 Å². The van der Waals surface area contributed by atoms with Gasteiger partial charge in [0, 0.05) is 12.1 Å². The molecule has 1 amide bonds. The van der Waals surface area contributed by atoms with Gasteiger partial charge in [-0.2, -0.15) is 25.8 Å². The molecule has 0 bridgehead atoms. The van der Waals surface area contributed by atoms with E-state index in [4.69, 9.17) is 29.2 Å². The Balaban J connectivity index is 1.62. The number of nitrogens with zero attached hydrogens (tertiary/aromatic N) is 2. The largest absolute Gasteiger partial charge is 0.416 e. The van der Waals surface area contributed by atoms with Gasteiger partial charge < -0.3 is 9.88 Å². The lowest BCUT2D eigenvalue weighted by molar-refractivity contribution is -0.137. The Hall–Kier alpha value is -2.26. The number of fused-ring (bicyclic) bond motifs is 1. The van der Waals surface area contributed by atoms with Crippen molar-refractivity contribution >= 4 is 41.2 Å². The highest BCUT2D eigenvalue weighted by Gasteiger charge is 2.37. The molecule has 1 heterocycles. The van der Waals surface area contributed by atoms with E-state index in [1.165, 1.54) is 24.3 Å². The van der Waals surface area contributed by atoms with Crippen LogP contribution in [0.2, 0.25) is 5.02 Å². The minimum absolute atomic E-state index is 0.0236. The number of hydrogen-bond donors (Lipinski definition) is 2. The maximum absolute atomic E-state index is 14.5. The fourth-order valence-corrected chi connectivity index (χ4v) is 6.64. The van der Waals surface area contributed by atoms with Gasteiger partial charge in [-0.1, -0.05) is 62.3 Å². The van der Waals surface area contributed by atoms with Crippen LogP contribution in [-0.2, 0) is 11.0 Å². The van der Waals surface area contributed by atoms with Crippen LogP contribution < -0.4 is 5.32 Å². The second-order valence-electron chi connectivity index (χ2n) is 10.8. The third-order valence-electron chi connectivity index (χ3n) is 8.15. The number of carbonyl (C=O) groups excluding carboxylic acids is 1. The minimum atomic E-state index is -4.46. The van der Waals surface area contributed by atoms with Crippen LogP contribution in [0.3, 0.4) is 0 Å². The predicted molar refractivity (Wildman–Crippen MR) is 148 cm³/mol. The van der Waals surface area contributed by atoms with Gasteiger partial charge in [-0.25, -0.2) is 9.37 Å². The SMILES string of the molecule is O=C(NC1CCCCC1)C(C1CCCCC1)n1c(C(S)c2ccc(C(F)(F)F)cc2)nc2cc(F)c(Cl)cc21. The molecule has 2 unspecified atom stereocenters. The van der Waals surface area contributed by atoms with Gasteiger partial charge in [-0.15, -0.1) is 0 Å². The molecule has 2 atom stereocenters. The second-order valence-corrected chi connectivity index (χ2v) is 11.7. The molecule has 3 aromatic rings. The number of amides is 1. The summed E-state index contributed by atoms with van der Waals surface area (Å²) in [7, 11) is 0. The zero-order valence-corrected chi connectivity index (χ0v) is 23.1. The fourth-order valence-electron chi connectivity index (χ4n) is 6.12. The summed E-state index contributed by atoms with van der Waals surface area (Å²) in [5, 5.41) is 2.44. The number of rotatable bonds is 6. The van der Waals surface area contributed by atoms with E-state index >= 15 is 0 Å². The fraction of sp³-hybridized carbons (Fsp3) is 0.517. The zero-order chi connectivity index (χ0) is 27.7. The molecule has 0 saturated heterocycles. The Morgan fingerprint density at radius 2 is 1.62 bits per heavy atom. The van der Waals surface area contributed by atoms with Gasteiger partial charge >= 0.3 is 6.18 Å². The number of hydrogen-bond acceptors (Lipinski definition) is 3. The molecule has 1 N–H and O–H groups in total. The van der Waals surface area contributed by atoms with Crippen molar-refractivity contribution in [1.29, 1.82) is 0 Å². The first-order chi connectivity index (χ1) is 18.6. The van der Waals surface area contributed by atoms with Gasteiger partial charge in [0.2, 0.25) is 5.91 Å². The van der Waals surface area contributed by atoms with E-state index in [1.807, 2.05) is 4.57 Å². The van der Waals surface area contributed by atoms with Crippen molar-refractivity contribution in [2.75, 3.05) is 0 Å². The highest BCUT2D eigenvalue weighted by Crippen LogP contribution is 2.41. The summed E-state index contributed by atoms with van der Waals surface area (Å²) in [6, 6.07) is 6.95. The molecule has 2 aliphatic carbocycles. The van der Waals surface area contributed by atoms with E-state index in [2.05, 4.69) is 5.32 Å². The number of benzene rings is 2. The molecule has 2 fully saturated rings. The Morgan fingerprint density at radius 3 is 2.23 bits per heavy atom. The number of alkyl halides is 3. The van der Waals surface area contributed by atoms with Crippen molar-refractivity contribution in [3.8, 4) is 0 Å². The molecular formula is C29H32ClF4N3OS. The normalized spacial score (nSPS) is 19.2. The summed E-state index contributed by atoms with van der Waals surface area (Å²) >= 11 is 11.0. The number of thiol groups is 1. The smallest absolute Gasteiger partial charge is 0.352 e. The van der Waals surface area contributed by atoms with Gasteiger partial charge in [-0.3, -0.25) is 4.79 Å². The molecular weight excluding hydrogens is 550 g/mol. The maximum atomic E-state index is 14.5. The molecule has 210 valence electrons. The van der Waals surface area contributed by atoms with Gasteiger partial charge in [0.05, 0.1) is 26.9 Å². The summed E-state index contributed by atoms with van der Waals surface area (Å²) in [5.74, 6) is -0.339. The molecule has 39 heavy (non-hydrogen) atoms. The van der Waals surface area contributed by atoms with Crippen LogP contribution >= 0.6 is 24.2 Å². The third kappa shape index (κ3) is 6.09. The van der Waals surface area contributed by atoms with Crippen molar-refractivity contribution in [3.63, 3.8) is 0 Å². The lowest BCUT2D eigenvalue weighted by Gasteiger charge is -2.34. The Kier molecular flexibility index (Phi) is 8.48. The molecule has 2 aliphatic rings. The van der Waals surface area contributed by atoms with Crippen LogP contribution in [0.5, 0.6) is 0 Å². The first-order valence-corrected chi connectivity index (χ1v) is 14.6. The molecule has 2 aromatic carbocycles. The van der Waals surface area contributed by atoms with E-state index in [0.717, 1.165) is 76.3 Å². The first kappa shape index (κ1) is 28.3. The topological polar surface area (TPSA) is 46.9 Å². The average molecular weight is 582 g/mol. The zero-order valence-electron chi connectivity index (χ0n) is 21.5. The predicted octanol–water partition coefficient (Wildman–Crippen LogP) is 8.44. The van der Waals surface area contributed by atoms with E-state index in [1.54, 1.807) is 0 Å². The molecule has 0 spiro atoms. The molecule has 0 aliphatic heterocycles. The van der Waals surface area contributed by atoms with Gasteiger partial charge in [0.25, 0.3) is 0 Å². The highest BCUT2D eigenvalue weighted by molar-refractivity contribution is 7.80. The van der Waals surface area contributed by atoms with Crippen LogP contribution in [0.15, 0.2) is 36.4 Å². The molecule has 2 saturated carbocycles. The summed E-state index contributed by atoms with van der Waals surface area (Å²) in [4.78, 5) is 18.7. The Morgan fingerprint density at radius 1 is 1.00 bits per heavy atom. The van der Waals surface area contributed by atoms with Gasteiger partial charge in [0.15, 0.2) is 0 Å². The van der Waals surface area contributed by atoms with E-state index in [-0.39, 0.29) is 22.9 Å². The number of halogens is 5. The minimum Gasteiger partial charge on any atom is -0.352 e.